The fraction of sp³-hybridized carbons (Fsp3) is 0.250. The molecule has 0 spiro atoms. The van der Waals surface area contributed by atoms with Gasteiger partial charge >= 0.3 is 0 Å². The van der Waals surface area contributed by atoms with Gasteiger partial charge in [0, 0.05) is 18.1 Å². The van der Waals surface area contributed by atoms with Crippen molar-refractivity contribution in [3.8, 4) is 0 Å². The molecule has 2 aromatic rings. The number of benzene rings is 2. The molecular weight excluding hydrogens is 306 g/mol. The van der Waals surface area contributed by atoms with Crippen molar-refractivity contribution < 1.29 is 8.42 Å². The average Bonchev–Trinajstić information content (AvgIpc) is 2.48. The van der Waals surface area contributed by atoms with E-state index in [0.717, 1.165) is 11.1 Å². The minimum Gasteiger partial charge on any atom is -0.207 e. The van der Waals surface area contributed by atoms with Gasteiger partial charge in [0.2, 0.25) is 10.0 Å². The number of rotatable bonds is 5. The van der Waals surface area contributed by atoms with Gasteiger partial charge in [-0.15, -0.1) is 0 Å². The van der Waals surface area contributed by atoms with Crippen molar-refractivity contribution in [2.75, 3.05) is 6.54 Å². The largest absolute Gasteiger partial charge is 0.243 e. The Morgan fingerprint density at radius 2 is 1.76 bits per heavy atom. The van der Waals surface area contributed by atoms with Gasteiger partial charge in [0.25, 0.3) is 0 Å². The Morgan fingerprint density at radius 1 is 1.10 bits per heavy atom. The van der Waals surface area contributed by atoms with Crippen LogP contribution >= 0.6 is 11.6 Å². The summed E-state index contributed by atoms with van der Waals surface area (Å²) in [5, 5.41) is 0.569. The topological polar surface area (TPSA) is 37.4 Å². The molecule has 0 amide bonds. The van der Waals surface area contributed by atoms with E-state index in [0.29, 0.717) is 18.1 Å². The second-order valence-electron chi connectivity index (χ2n) is 4.83. The summed E-state index contributed by atoms with van der Waals surface area (Å²) in [7, 11) is -3.51. The molecule has 0 aliphatic carbocycles. The molecule has 0 unspecified atom stereocenters. The van der Waals surface area contributed by atoms with Gasteiger partial charge in [-0.05, 0) is 36.2 Å². The van der Waals surface area contributed by atoms with Crippen LogP contribution < -0.4 is 0 Å². The molecule has 21 heavy (non-hydrogen) atoms. The molecule has 0 fully saturated rings. The summed E-state index contributed by atoms with van der Waals surface area (Å²) in [5.41, 5.74) is 1.72. The van der Waals surface area contributed by atoms with Crippen LogP contribution in [-0.2, 0) is 16.6 Å². The third-order valence-electron chi connectivity index (χ3n) is 3.32. The summed E-state index contributed by atoms with van der Waals surface area (Å²) in [5.74, 6) is 0. The van der Waals surface area contributed by atoms with Crippen LogP contribution in [-0.4, -0.2) is 19.3 Å². The average molecular weight is 324 g/mol. The highest BCUT2D eigenvalue weighted by Gasteiger charge is 2.23. The second-order valence-corrected chi connectivity index (χ2v) is 7.17. The van der Waals surface area contributed by atoms with Crippen molar-refractivity contribution >= 4 is 21.6 Å². The number of aryl methyl sites for hydroxylation is 1. The third-order valence-corrected chi connectivity index (χ3v) is 5.66. The monoisotopic (exact) mass is 323 g/mol. The van der Waals surface area contributed by atoms with Gasteiger partial charge in [0.05, 0.1) is 4.90 Å². The first-order chi connectivity index (χ1) is 9.95. The third kappa shape index (κ3) is 3.64. The van der Waals surface area contributed by atoms with E-state index in [1.54, 1.807) is 25.1 Å². The van der Waals surface area contributed by atoms with E-state index in [9.17, 15) is 8.42 Å². The number of sulfonamides is 1. The second kappa shape index (κ2) is 6.60. The van der Waals surface area contributed by atoms with Crippen molar-refractivity contribution in [1.82, 2.24) is 4.31 Å². The van der Waals surface area contributed by atoms with Crippen molar-refractivity contribution in [3.63, 3.8) is 0 Å². The maximum absolute atomic E-state index is 12.7. The van der Waals surface area contributed by atoms with Gasteiger partial charge in [-0.2, -0.15) is 4.31 Å². The minimum atomic E-state index is -3.51. The van der Waals surface area contributed by atoms with E-state index in [4.69, 9.17) is 11.6 Å². The van der Waals surface area contributed by atoms with E-state index in [1.807, 2.05) is 37.3 Å². The van der Waals surface area contributed by atoms with Crippen LogP contribution in [0.5, 0.6) is 0 Å². The Bertz CT molecular complexity index is 714. The highest BCUT2D eigenvalue weighted by Crippen LogP contribution is 2.23. The Labute approximate surface area is 131 Å². The first-order valence-electron chi connectivity index (χ1n) is 6.75. The van der Waals surface area contributed by atoms with E-state index in [-0.39, 0.29) is 4.90 Å². The smallest absolute Gasteiger partial charge is 0.207 e. The summed E-state index contributed by atoms with van der Waals surface area (Å²) < 4.78 is 26.9. The number of hydrogen-bond acceptors (Lipinski definition) is 2. The highest BCUT2D eigenvalue weighted by atomic mass is 35.5. The molecule has 0 aliphatic rings. The standard InChI is InChI=1S/C16H18ClNO2S/c1-3-18(12-14-7-5-4-6-8-14)21(19,20)15-9-10-16(17)13(2)11-15/h4-11H,3,12H2,1-2H3. The fourth-order valence-electron chi connectivity index (χ4n) is 2.08. The molecule has 0 radical (unpaired) electrons. The Morgan fingerprint density at radius 3 is 2.33 bits per heavy atom. The van der Waals surface area contributed by atoms with Gasteiger partial charge in [0.15, 0.2) is 0 Å². The highest BCUT2D eigenvalue weighted by molar-refractivity contribution is 7.89. The van der Waals surface area contributed by atoms with E-state index in [1.165, 1.54) is 4.31 Å². The Kier molecular flexibility index (Phi) is 5.04. The van der Waals surface area contributed by atoms with E-state index in [2.05, 4.69) is 0 Å². The molecule has 0 heterocycles. The minimum absolute atomic E-state index is 0.280. The molecule has 0 aromatic heterocycles. The lowest BCUT2D eigenvalue weighted by Crippen LogP contribution is -2.30. The van der Waals surface area contributed by atoms with E-state index < -0.39 is 10.0 Å². The maximum Gasteiger partial charge on any atom is 0.243 e. The SMILES string of the molecule is CCN(Cc1ccccc1)S(=O)(=O)c1ccc(Cl)c(C)c1. The lowest BCUT2D eigenvalue weighted by Gasteiger charge is -2.21. The van der Waals surface area contributed by atoms with Crippen LogP contribution in [0, 0.1) is 6.92 Å². The fourth-order valence-corrected chi connectivity index (χ4v) is 3.72. The molecule has 112 valence electrons. The van der Waals surface area contributed by atoms with Gasteiger partial charge < -0.3 is 0 Å². The zero-order valence-electron chi connectivity index (χ0n) is 12.1. The molecule has 0 N–H and O–H groups in total. The summed E-state index contributed by atoms with van der Waals surface area (Å²) in [6.07, 6.45) is 0. The van der Waals surface area contributed by atoms with Crippen LogP contribution in [0.25, 0.3) is 0 Å². The van der Waals surface area contributed by atoms with Crippen molar-refractivity contribution in [3.05, 3.63) is 64.7 Å². The van der Waals surface area contributed by atoms with E-state index >= 15 is 0 Å². The molecular formula is C16H18ClNO2S. The molecule has 0 bridgehead atoms. The van der Waals surface area contributed by atoms with Gasteiger partial charge in [-0.25, -0.2) is 8.42 Å². The van der Waals surface area contributed by atoms with Crippen LogP contribution in [0.15, 0.2) is 53.4 Å². The number of nitrogens with zero attached hydrogens (tertiary/aromatic N) is 1. The van der Waals surface area contributed by atoms with Gasteiger partial charge in [-0.3, -0.25) is 0 Å². The first kappa shape index (κ1) is 16.0. The molecule has 0 saturated carbocycles. The summed E-state index contributed by atoms with van der Waals surface area (Å²) in [6, 6.07) is 14.4. The van der Waals surface area contributed by atoms with Gasteiger partial charge in [-0.1, -0.05) is 48.9 Å². The lowest BCUT2D eigenvalue weighted by atomic mass is 10.2. The number of halogens is 1. The molecule has 0 saturated heterocycles. The summed E-state index contributed by atoms with van der Waals surface area (Å²) in [6.45, 7) is 4.42. The van der Waals surface area contributed by atoms with Crippen LogP contribution in [0.3, 0.4) is 0 Å². The lowest BCUT2D eigenvalue weighted by molar-refractivity contribution is 0.423. The molecule has 5 heteroatoms. The van der Waals surface area contributed by atoms with Crippen LogP contribution in [0.2, 0.25) is 5.02 Å². The molecule has 0 aliphatic heterocycles. The zero-order chi connectivity index (χ0) is 15.5. The van der Waals surface area contributed by atoms with Gasteiger partial charge in [0.1, 0.15) is 0 Å². The number of hydrogen-bond donors (Lipinski definition) is 0. The maximum atomic E-state index is 12.7. The van der Waals surface area contributed by atoms with Crippen LogP contribution in [0.1, 0.15) is 18.1 Å². The van der Waals surface area contributed by atoms with Crippen molar-refractivity contribution in [1.29, 1.82) is 0 Å². The first-order valence-corrected chi connectivity index (χ1v) is 8.57. The predicted octanol–water partition coefficient (Wildman–Crippen LogP) is 3.86. The predicted molar refractivity (Wildman–Crippen MR) is 85.9 cm³/mol. The Hall–Kier alpha value is -1.36. The normalized spacial score (nSPS) is 11.8. The summed E-state index contributed by atoms with van der Waals surface area (Å²) >= 11 is 5.97. The summed E-state index contributed by atoms with van der Waals surface area (Å²) in [4.78, 5) is 0.280. The molecule has 0 atom stereocenters. The van der Waals surface area contributed by atoms with Crippen molar-refractivity contribution in [2.24, 2.45) is 0 Å². The molecule has 3 nitrogen and oxygen atoms in total. The Balaban J connectivity index is 2.33. The zero-order valence-corrected chi connectivity index (χ0v) is 13.7. The molecule has 2 rings (SSSR count). The quantitative estimate of drug-likeness (QED) is 0.838. The van der Waals surface area contributed by atoms with Crippen molar-refractivity contribution in [2.45, 2.75) is 25.3 Å². The van der Waals surface area contributed by atoms with Crippen LogP contribution in [0.4, 0.5) is 0 Å². The molecule has 2 aromatic carbocycles.